The van der Waals surface area contributed by atoms with Gasteiger partial charge in [-0.1, -0.05) is 23.2 Å². The molecule has 1 saturated heterocycles. The molecule has 1 aromatic carbocycles. The average Bonchev–Trinajstić information content (AvgIpc) is 2.75. The van der Waals surface area contributed by atoms with Crippen molar-refractivity contribution < 1.29 is 13.9 Å². The van der Waals surface area contributed by atoms with Crippen molar-refractivity contribution in [3.63, 3.8) is 0 Å². The first kappa shape index (κ1) is 22.0. The molecule has 162 valence electrons. The number of piperazine rings is 1. The Labute approximate surface area is 193 Å². The second-order valence-corrected chi connectivity index (χ2v) is 8.92. The minimum Gasteiger partial charge on any atom is -0.479 e. The number of hydrogen-bond donors (Lipinski definition) is 1. The fraction of sp³-hybridized carbons (Fsp3) is 0.350. The number of rotatable bonds is 5. The van der Waals surface area contributed by atoms with Gasteiger partial charge in [-0.15, -0.1) is 11.8 Å². The van der Waals surface area contributed by atoms with Crippen LogP contribution in [0.3, 0.4) is 0 Å². The minimum atomic E-state index is -0.689. The maximum Gasteiger partial charge on any atom is 0.262 e. The van der Waals surface area contributed by atoms with Gasteiger partial charge in [-0.25, -0.2) is 9.37 Å². The molecule has 0 atom stereocenters. The number of halogens is 3. The van der Waals surface area contributed by atoms with E-state index in [-0.39, 0.29) is 23.2 Å². The SMILES string of the molecule is N#Cc1cc(F)c(Cl)nc1SCCN1CCN(c2cc(Cl)cc3c2OCC(=O)N3)CC1. The monoisotopic (exact) mass is 481 g/mol. The summed E-state index contributed by atoms with van der Waals surface area (Å²) < 4.78 is 19.1. The Bertz CT molecular complexity index is 1060. The number of nitrogens with one attached hydrogen (secondary N) is 1. The van der Waals surface area contributed by atoms with Crippen molar-refractivity contribution in [3.8, 4) is 11.8 Å². The third-order valence-corrected chi connectivity index (χ3v) is 6.49. The Morgan fingerprint density at radius 2 is 2.03 bits per heavy atom. The Morgan fingerprint density at radius 1 is 1.26 bits per heavy atom. The van der Waals surface area contributed by atoms with Crippen molar-refractivity contribution in [1.29, 1.82) is 5.26 Å². The van der Waals surface area contributed by atoms with E-state index in [1.54, 1.807) is 6.07 Å². The third kappa shape index (κ3) is 4.99. The number of nitriles is 1. The quantitative estimate of drug-likeness (QED) is 0.515. The van der Waals surface area contributed by atoms with Crippen LogP contribution in [0.5, 0.6) is 5.75 Å². The zero-order valence-corrected chi connectivity index (χ0v) is 18.7. The van der Waals surface area contributed by atoms with Crippen molar-refractivity contribution in [3.05, 3.63) is 39.8 Å². The summed E-state index contributed by atoms with van der Waals surface area (Å²) in [4.78, 5) is 20.1. The minimum absolute atomic E-state index is 0.00898. The van der Waals surface area contributed by atoms with Gasteiger partial charge in [-0.05, 0) is 18.2 Å². The summed E-state index contributed by atoms with van der Waals surface area (Å²) in [6.45, 7) is 4.00. The predicted octanol–water partition coefficient (Wildman–Crippen LogP) is 3.64. The third-order valence-electron chi connectivity index (χ3n) is 5.03. The molecule has 2 aromatic rings. The molecule has 0 bridgehead atoms. The topological polar surface area (TPSA) is 81.5 Å². The Hall–Kier alpha value is -2.25. The van der Waals surface area contributed by atoms with Gasteiger partial charge in [0.15, 0.2) is 23.3 Å². The van der Waals surface area contributed by atoms with E-state index >= 15 is 0 Å². The lowest BCUT2D eigenvalue weighted by molar-refractivity contribution is -0.118. The summed E-state index contributed by atoms with van der Waals surface area (Å²) in [5.41, 5.74) is 1.66. The summed E-state index contributed by atoms with van der Waals surface area (Å²) in [7, 11) is 0. The molecule has 0 aliphatic carbocycles. The average molecular weight is 482 g/mol. The first-order valence-corrected chi connectivity index (χ1v) is 11.3. The summed E-state index contributed by atoms with van der Waals surface area (Å²) >= 11 is 13.4. The summed E-state index contributed by atoms with van der Waals surface area (Å²) in [6.07, 6.45) is 0. The van der Waals surface area contributed by atoms with Crippen LogP contribution >= 0.6 is 35.0 Å². The number of amides is 1. The van der Waals surface area contributed by atoms with Crippen LogP contribution < -0.4 is 15.0 Å². The van der Waals surface area contributed by atoms with Crippen LogP contribution in [0.2, 0.25) is 10.2 Å². The standard InChI is InChI=1S/C20H18Cl2FN5O2S/c21-13-8-15-18(30-11-17(29)25-15)16(9-13)28-3-1-27(2-4-28)5-6-31-20-12(10-24)7-14(23)19(22)26-20/h7-9H,1-6,11H2,(H,25,29). The molecule has 2 aliphatic heterocycles. The first-order valence-electron chi connectivity index (χ1n) is 9.57. The molecule has 1 aromatic heterocycles. The first-order chi connectivity index (χ1) is 14.9. The van der Waals surface area contributed by atoms with Crippen LogP contribution in [0.4, 0.5) is 15.8 Å². The number of ether oxygens (including phenoxy) is 1. The molecule has 0 saturated carbocycles. The van der Waals surface area contributed by atoms with E-state index in [9.17, 15) is 9.18 Å². The lowest BCUT2D eigenvalue weighted by Gasteiger charge is -2.37. The van der Waals surface area contributed by atoms with E-state index in [0.717, 1.165) is 44.5 Å². The normalized spacial score (nSPS) is 16.3. The van der Waals surface area contributed by atoms with E-state index in [4.69, 9.17) is 33.2 Å². The van der Waals surface area contributed by atoms with Gasteiger partial charge >= 0.3 is 0 Å². The maximum atomic E-state index is 13.5. The fourth-order valence-corrected chi connectivity index (χ4v) is 4.87. The molecule has 7 nitrogen and oxygen atoms in total. The number of carbonyl (C=O) groups excluding carboxylic acids is 1. The van der Waals surface area contributed by atoms with Gasteiger partial charge < -0.3 is 15.0 Å². The second kappa shape index (κ2) is 9.49. The molecular formula is C20H18Cl2FN5O2S. The number of anilines is 2. The van der Waals surface area contributed by atoms with E-state index in [2.05, 4.69) is 20.1 Å². The van der Waals surface area contributed by atoms with Gasteiger partial charge in [-0.3, -0.25) is 9.69 Å². The molecule has 4 rings (SSSR count). The number of benzene rings is 1. The summed E-state index contributed by atoms with van der Waals surface area (Å²) in [6, 6.07) is 6.62. The molecular weight excluding hydrogens is 464 g/mol. The molecule has 2 aliphatic rings. The lowest BCUT2D eigenvalue weighted by Crippen LogP contribution is -2.47. The van der Waals surface area contributed by atoms with Crippen molar-refractivity contribution in [2.45, 2.75) is 5.03 Å². The van der Waals surface area contributed by atoms with Crippen molar-refractivity contribution in [1.82, 2.24) is 9.88 Å². The van der Waals surface area contributed by atoms with Crippen LogP contribution in [-0.4, -0.2) is 60.9 Å². The number of pyridine rings is 1. The van der Waals surface area contributed by atoms with Gasteiger partial charge in [0.1, 0.15) is 11.1 Å². The van der Waals surface area contributed by atoms with Gasteiger partial charge in [0.25, 0.3) is 5.91 Å². The van der Waals surface area contributed by atoms with Crippen molar-refractivity contribution in [2.24, 2.45) is 0 Å². The highest BCUT2D eigenvalue weighted by Gasteiger charge is 2.26. The highest BCUT2D eigenvalue weighted by Crippen LogP contribution is 2.41. The highest BCUT2D eigenvalue weighted by molar-refractivity contribution is 7.99. The molecule has 0 radical (unpaired) electrons. The van der Waals surface area contributed by atoms with Crippen LogP contribution in [0.15, 0.2) is 23.2 Å². The maximum absolute atomic E-state index is 13.5. The Balaban J connectivity index is 1.34. The Morgan fingerprint density at radius 3 is 2.77 bits per heavy atom. The van der Waals surface area contributed by atoms with Gasteiger partial charge in [-0.2, -0.15) is 5.26 Å². The van der Waals surface area contributed by atoms with Gasteiger partial charge in [0.05, 0.1) is 16.9 Å². The van der Waals surface area contributed by atoms with Crippen LogP contribution in [-0.2, 0) is 4.79 Å². The number of aromatic nitrogens is 1. The molecule has 1 amide bonds. The molecule has 31 heavy (non-hydrogen) atoms. The molecule has 0 spiro atoms. The molecule has 11 heteroatoms. The number of hydrogen-bond acceptors (Lipinski definition) is 7. The van der Waals surface area contributed by atoms with Crippen LogP contribution in [0, 0.1) is 17.1 Å². The number of nitrogens with zero attached hydrogens (tertiary/aromatic N) is 4. The van der Waals surface area contributed by atoms with E-state index in [0.29, 0.717) is 27.2 Å². The van der Waals surface area contributed by atoms with Crippen molar-refractivity contribution in [2.75, 3.05) is 55.3 Å². The zero-order valence-electron chi connectivity index (χ0n) is 16.3. The smallest absolute Gasteiger partial charge is 0.262 e. The largest absolute Gasteiger partial charge is 0.479 e. The number of thioether (sulfide) groups is 1. The molecule has 1 fully saturated rings. The zero-order chi connectivity index (χ0) is 22.0. The van der Waals surface area contributed by atoms with Crippen LogP contribution in [0.25, 0.3) is 0 Å². The van der Waals surface area contributed by atoms with E-state index in [1.807, 2.05) is 12.1 Å². The molecule has 3 heterocycles. The van der Waals surface area contributed by atoms with E-state index in [1.165, 1.54) is 11.8 Å². The Kier molecular flexibility index (Phi) is 6.72. The van der Waals surface area contributed by atoms with Crippen molar-refractivity contribution >= 4 is 52.2 Å². The van der Waals surface area contributed by atoms with Crippen LogP contribution in [0.1, 0.15) is 5.56 Å². The summed E-state index contributed by atoms with van der Waals surface area (Å²) in [5.74, 6) is 0.465. The fourth-order valence-electron chi connectivity index (χ4n) is 3.51. The lowest BCUT2D eigenvalue weighted by atomic mass is 10.2. The van der Waals surface area contributed by atoms with Gasteiger partial charge in [0, 0.05) is 43.5 Å². The predicted molar refractivity (Wildman–Crippen MR) is 119 cm³/mol. The molecule has 1 N–H and O–H groups in total. The van der Waals surface area contributed by atoms with Gasteiger partial charge in [0.2, 0.25) is 0 Å². The molecule has 0 unspecified atom stereocenters. The van der Waals surface area contributed by atoms with E-state index < -0.39 is 5.82 Å². The highest BCUT2D eigenvalue weighted by atomic mass is 35.5. The number of carbonyl (C=O) groups is 1. The summed E-state index contributed by atoms with van der Waals surface area (Å²) in [5, 5.41) is 12.7. The number of fused-ring (bicyclic) bond motifs is 1. The second-order valence-electron chi connectivity index (χ2n) is 7.04.